The minimum atomic E-state index is -1.43. The number of carbonyl (C=O) groups is 2. The van der Waals surface area contributed by atoms with Crippen LogP contribution in [0.3, 0.4) is 0 Å². The summed E-state index contributed by atoms with van der Waals surface area (Å²) >= 11 is 0. The normalized spacial score (nSPS) is 18.3. The van der Waals surface area contributed by atoms with Gasteiger partial charge >= 0.3 is 11.9 Å². The van der Waals surface area contributed by atoms with Crippen molar-refractivity contribution >= 4 is 35.2 Å². The first-order valence-electron chi connectivity index (χ1n) is 10.4. The van der Waals surface area contributed by atoms with E-state index >= 15 is 0 Å². The maximum absolute atomic E-state index is 13.8. The number of benzene rings is 1. The van der Waals surface area contributed by atoms with Crippen molar-refractivity contribution in [2.45, 2.75) is 38.5 Å². The third kappa shape index (κ3) is 3.54. The van der Waals surface area contributed by atoms with Crippen molar-refractivity contribution in [3.05, 3.63) is 62.9 Å². The first kappa shape index (κ1) is 23.8. The first-order valence-corrected chi connectivity index (χ1v) is 10.4. The molecule has 178 valence electrons. The Bertz CT molecular complexity index is 1420. The SMILES string of the molecule is CCC1(OC(=O)CN)CC(=O)OCc2c1cc1n(c2=O)Cc2cc3cc(F)c(F)cc3nc2-1.Cl. The molecule has 3 aromatic rings. The molecule has 1 unspecified atom stereocenters. The minimum Gasteiger partial charge on any atom is -0.460 e. The molecule has 0 aliphatic carbocycles. The molecule has 11 heteroatoms. The van der Waals surface area contributed by atoms with Gasteiger partial charge in [-0.3, -0.25) is 14.4 Å². The fourth-order valence-electron chi connectivity index (χ4n) is 4.58. The molecule has 2 aromatic heterocycles. The van der Waals surface area contributed by atoms with Gasteiger partial charge in [-0.15, -0.1) is 12.4 Å². The Morgan fingerprint density at radius 1 is 1.24 bits per heavy atom. The van der Waals surface area contributed by atoms with Gasteiger partial charge in [0.2, 0.25) is 0 Å². The molecule has 0 spiro atoms. The van der Waals surface area contributed by atoms with E-state index in [0.717, 1.165) is 12.1 Å². The summed E-state index contributed by atoms with van der Waals surface area (Å²) in [7, 11) is 0. The van der Waals surface area contributed by atoms with E-state index in [2.05, 4.69) is 4.98 Å². The number of pyridine rings is 2. The molecule has 5 rings (SSSR count). The zero-order chi connectivity index (χ0) is 23.5. The third-order valence-corrected chi connectivity index (χ3v) is 6.25. The lowest BCUT2D eigenvalue weighted by atomic mass is 9.85. The summed E-state index contributed by atoms with van der Waals surface area (Å²) in [6.07, 6.45) is -0.0696. The zero-order valence-electron chi connectivity index (χ0n) is 18.0. The molecule has 1 atom stereocenters. The average molecular weight is 492 g/mol. The van der Waals surface area contributed by atoms with Crippen LogP contribution >= 0.6 is 12.4 Å². The molecule has 0 radical (unpaired) electrons. The summed E-state index contributed by atoms with van der Waals surface area (Å²) in [6.45, 7) is 1.23. The highest BCUT2D eigenvalue weighted by molar-refractivity contribution is 5.85. The van der Waals surface area contributed by atoms with Gasteiger partial charge < -0.3 is 19.8 Å². The van der Waals surface area contributed by atoms with Crippen LogP contribution in [-0.2, 0) is 37.8 Å². The lowest BCUT2D eigenvalue weighted by molar-refractivity contribution is -0.166. The van der Waals surface area contributed by atoms with Crippen LogP contribution in [0.4, 0.5) is 8.78 Å². The Kier molecular flexibility index (Phi) is 5.91. The number of cyclic esters (lactones) is 1. The molecule has 2 aliphatic rings. The smallest absolute Gasteiger partial charge is 0.320 e. The molecule has 4 heterocycles. The summed E-state index contributed by atoms with van der Waals surface area (Å²) in [4.78, 5) is 42.4. The van der Waals surface area contributed by atoms with E-state index in [1.165, 1.54) is 4.57 Å². The van der Waals surface area contributed by atoms with Gasteiger partial charge in [-0.1, -0.05) is 6.92 Å². The maximum Gasteiger partial charge on any atom is 0.320 e. The average Bonchev–Trinajstić information content (AvgIpc) is 3.07. The Morgan fingerprint density at radius 3 is 2.68 bits per heavy atom. The van der Waals surface area contributed by atoms with Gasteiger partial charge in [0.15, 0.2) is 11.6 Å². The first-order chi connectivity index (χ1) is 15.8. The molecule has 0 saturated heterocycles. The number of esters is 2. The van der Waals surface area contributed by atoms with Crippen LogP contribution < -0.4 is 11.3 Å². The van der Waals surface area contributed by atoms with Crippen LogP contribution in [0.1, 0.15) is 36.5 Å². The van der Waals surface area contributed by atoms with Crippen LogP contribution in [0.25, 0.3) is 22.3 Å². The molecule has 1 aromatic carbocycles. The number of fused-ring (bicyclic) bond motifs is 5. The van der Waals surface area contributed by atoms with Crippen molar-refractivity contribution in [2.24, 2.45) is 5.73 Å². The maximum atomic E-state index is 13.8. The highest BCUT2D eigenvalue weighted by atomic mass is 35.5. The Hall–Kier alpha value is -3.37. The summed E-state index contributed by atoms with van der Waals surface area (Å²) in [5.74, 6) is -3.34. The van der Waals surface area contributed by atoms with E-state index in [4.69, 9.17) is 15.2 Å². The lowest BCUT2D eigenvalue weighted by Crippen LogP contribution is -2.38. The van der Waals surface area contributed by atoms with Crippen LogP contribution in [-0.4, -0.2) is 28.0 Å². The number of rotatable bonds is 3. The summed E-state index contributed by atoms with van der Waals surface area (Å²) in [5.41, 5.74) is 5.89. The van der Waals surface area contributed by atoms with Crippen molar-refractivity contribution < 1.29 is 27.8 Å². The van der Waals surface area contributed by atoms with Crippen LogP contribution in [0.2, 0.25) is 0 Å². The second-order valence-electron chi connectivity index (χ2n) is 8.13. The van der Waals surface area contributed by atoms with Gasteiger partial charge in [0.05, 0.1) is 42.0 Å². The van der Waals surface area contributed by atoms with E-state index in [-0.39, 0.29) is 49.5 Å². The lowest BCUT2D eigenvalue weighted by Gasteiger charge is -2.32. The fourth-order valence-corrected chi connectivity index (χ4v) is 4.58. The molecule has 0 fully saturated rings. The molecule has 34 heavy (non-hydrogen) atoms. The molecule has 0 saturated carbocycles. The predicted molar refractivity (Wildman–Crippen MR) is 119 cm³/mol. The molecular weight excluding hydrogens is 472 g/mol. The molecule has 2 aliphatic heterocycles. The van der Waals surface area contributed by atoms with Gasteiger partial charge in [0, 0.05) is 22.6 Å². The predicted octanol–water partition coefficient (Wildman–Crippen LogP) is 2.68. The van der Waals surface area contributed by atoms with Crippen molar-refractivity contribution in [1.29, 1.82) is 0 Å². The Morgan fingerprint density at radius 2 is 1.97 bits per heavy atom. The minimum absolute atomic E-state index is 0. The number of ether oxygens (including phenoxy) is 2. The number of hydrogen-bond acceptors (Lipinski definition) is 7. The van der Waals surface area contributed by atoms with E-state index in [1.807, 2.05) is 0 Å². The number of nitrogens with zero attached hydrogens (tertiary/aromatic N) is 2. The van der Waals surface area contributed by atoms with E-state index < -0.39 is 41.3 Å². The van der Waals surface area contributed by atoms with E-state index in [9.17, 15) is 23.2 Å². The third-order valence-electron chi connectivity index (χ3n) is 6.25. The molecule has 0 bridgehead atoms. The molecule has 0 amide bonds. The second-order valence-corrected chi connectivity index (χ2v) is 8.13. The fraction of sp³-hybridized carbons (Fsp3) is 0.304. The summed E-state index contributed by atoms with van der Waals surface area (Å²) in [6, 6.07) is 5.39. The van der Waals surface area contributed by atoms with E-state index in [1.54, 1.807) is 19.1 Å². The molecule has 8 nitrogen and oxygen atoms in total. The quantitative estimate of drug-likeness (QED) is 0.438. The van der Waals surface area contributed by atoms with Gasteiger partial charge in [0.25, 0.3) is 5.56 Å². The standard InChI is InChI=1S/C23H19F2N3O5.ClH/c1-2-23(33-20(30)8-26)7-19(29)32-10-13-14(23)5-18-21-12(9-28(18)22(13)31)3-11-4-15(24)16(25)6-17(11)27-21;/h3-6H,2,7-10,26H2,1H3;1H. The van der Waals surface area contributed by atoms with Crippen molar-refractivity contribution in [3.63, 3.8) is 0 Å². The highest BCUT2D eigenvalue weighted by Gasteiger charge is 2.44. The van der Waals surface area contributed by atoms with Crippen molar-refractivity contribution in [2.75, 3.05) is 6.54 Å². The summed E-state index contributed by atoms with van der Waals surface area (Å²) < 4.78 is 39.8. The summed E-state index contributed by atoms with van der Waals surface area (Å²) in [5, 5.41) is 0.406. The van der Waals surface area contributed by atoms with Gasteiger partial charge in [-0.25, -0.2) is 13.8 Å². The largest absolute Gasteiger partial charge is 0.460 e. The molecule has 2 N–H and O–H groups in total. The van der Waals surface area contributed by atoms with Crippen LogP contribution in [0.15, 0.2) is 29.1 Å². The zero-order valence-corrected chi connectivity index (χ0v) is 18.8. The topological polar surface area (TPSA) is 114 Å². The van der Waals surface area contributed by atoms with Crippen molar-refractivity contribution in [3.8, 4) is 11.4 Å². The van der Waals surface area contributed by atoms with Gasteiger partial charge in [-0.2, -0.15) is 0 Å². The molecular formula is C23H20ClF2N3O5. The number of halogens is 3. The van der Waals surface area contributed by atoms with E-state index in [0.29, 0.717) is 27.9 Å². The van der Waals surface area contributed by atoms with Crippen LogP contribution in [0, 0.1) is 11.6 Å². The van der Waals surface area contributed by atoms with Crippen molar-refractivity contribution in [1.82, 2.24) is 9.55 Å². The number of aromatic nitrogens is 2. The van der Waals surface area contributed by atoms with Gasteiger partial charge in [-0.05, 0) is 24.6 Å². The van der Waals surface area contributed by atoms with Crippen LogP contribution in [0.5, 0.6) is 0 Å². The Labute approximate surface area is 198 Å². The number of nitrogens with two attached hydrogens (primary N) is 1. The number of hydrogen-bond donors (Lipinski definition) is 1. The monoisotopic (exact) mass is 491 g/mol. The van der Waals surface area contributed by atoms with Gasteiger partial charge in [0.1, 0.15) is 12.2 Å². The second kappa shape index (κ2) is 8.44. The number of carbonyl (C=O) groups excluding carboxylic acids is 2. The Balaban J connectivity index is 0.00000274. The highest BCUT2D eigenvalue weighted by Crippen LogP contribution is 2.41.